The molecule has 0 amide bonds. The lowest BCUT2D eigenvalue weighted by Gasteiger charge is -2.05. The van der Waals surface area contributed by atoms with Gasteiger partial charge in [0.15, 0.2) is 5.03 Å². The van der Waals surface area contributed by atoms with E-state index in [0.717, 1.165) is 11.3 Å². The van der Waals surface area contributed by atoms with Crippen LogP contribution in [0.4, 0.5) is 0 Å². The van der Waals surface area contributed by atoms with Gasteiger partial charge in [-0.2, -0.15) is 0 Å². The molecule has 0 spiro atoms. The number of sulfonamides is 1. The van der Waals surface area contributed by atoms with Crippen molar-refractivity contribution >= 4 is 10.0 Å². The van der Waals surface area contributed by atoms with Gasteiger partial charge < -0.3 is 9.73 Å². The van der Waals surface area contributed by atoms with E-state index in [1.54, 1.807) is 12.3 Å². The maximum atomic E-state index is 12.1. The fourth-order valence-electron chi connectivity index (χ4n) is 1.70. The SMILES string of the molecule is CCc1cnc(CNS(=O)(=O)c2ccc(CNC)cn2)o1. The van der Waals surface area contributed by atoms with E-state index in [4.69, 9.17) is 4.42 Å². The fourth-order valence-corrected chi connectivity index (χ4v) is 2.60. The molecule has 0 aliphatic rings. The Bertz CT molecular complexity index is 680. The quantitative estimate of drug-likeness (QED) is 0.786. The normalized spacial score (nSPS) is 11.7. The highest BCUT2D eigenvalue weighted by molar-refractivity contribution is 7.89. The van der Waals surface area contributed by atoms with Gasteiger partial charge in [0.2, 0.25) is 5.89 Å². The molecular weight excluding hydrogens is 292 g/mol. The Morgan fingerprint density at radius 2 is 2.00 bits per heavy atom. The Morgan fingerprint density at radius 3 is 2.57 bits per heavy atom. The standard InChI is InChI=1S/C13H18N4O3S/c1-3-11-8-15-12(20-11)9-17-21(18,19)13-5-4-10(6-14-2)7-16-13/h4-5,7-8,14,17H,3,6,9H2,1-2H3. The average molecular weight is 310 g/mol. The number of hydrogen-bond acceptors (Lipinski definition) is 6. The third-order valence-electron chi connectivity index (χ3n) is 2.82. The van der Waals surface area contributed by atoms with Gasteiger partial charge in [-0.1, -0.05) is 13.0 Å². The summed E-state index contributed by atoms with van der Waals surface area (Å²) in [5.41, 5.74) is 0.914. The zero-order chi connectivity index (χ0) is 15.3. The number of aryl methyl sites for hydroxylation is 1. The lowest BCUT2D eigenvalue weighted by atomic mass is 10.3. The van der Waals surface area contributed by atoms with Crippen molar-refractivity contribution < 1.29 is 12.8 Å². The predicted molar refractivity (Wildman–Crippen MR) is 76.9 cm³/mol. The van der Waals surface area contributed by atoms with Crippen molar-refractivity contribution in [3.63, 3.8) is 0 Å². The molecule has 0 aromatic carbocycles. The van der Waals surface area contributed by atoms with Crippen LogP contribution in [0.5, 0.6) is 0 Å². The van der Waals surface area contributed by atoms with Crippen molar-refractivity contribution in [3.8, 4) is 0 Å². The van der Waals surface area contributed by atoms with Crippen molar-refractivity contribution in [2.45, 2.75) is 31.5 Å². The molecule has 21 heavy (non-hydrogen) atoms. The third kappa shape index (κ3) is 4.10. The Labute approximate surface area is 123 Å². The number of oxazole rings is 1. The lowest BCUT2D eigenvalue weighted by molar-refractivity contribution is 0.452. The van der Waals surface area contributed by atoms with E-state index in [2.05, 4.69) is 20.0 Å². The lowest BCUT2D eigenvalue weighted by Crippen LogP contribution is -2.24. The van der Waals surface area contributed by atoms with Crippen LogP contribution < -0.4 is 10.0 Å². The molecule has 2 N–H and O–H groups in total. The summed E-state index contributed by atoms with van der Waals surface area (Å²) < 4.78 is 32.0. The van der Waals surface area contributed by atoms with Gasteiger partial charge in [0, 0.05) is 19.2 Å². The molecule has 2 aromatic rings. The molecule has 2 aromatic heterocycles. The van der Waals surface area contributed by atoms with E-state index in [1.807, 2.05) is 14.0 Å². The Kier molecular flexibility index (Phi) is 5.05. The van der Waals surface area contributed by atoms with Gasteiger partial charge in [-0.3, -0.25) is 0 Å². The van der Waals surface area contributed by atoms with Gasteiger partial charge in [-0.05, 0) is 18.7 Å². The van der Waals surface area contributed by atoms with Gasteiger partial charge in [-0.15, -0.1) is 0 Å². The van der Waals surface area contributed by atoms with Crippen LogP contribution >= 0.6 is 0 Å². The molecule has 8 heteroatoms. The average Bonchev–Trinajstić information content (AvgIpc) is 2.94. The molecule has 0 aliphatic heterocycles. The molecule has 2 heterocycles. The first-order valence-electron chi connectivity index (χ1n) is 6.58. The second-order valence-corrected chi connectivity index (χ2v) is 6.15. The summed E-state index contributed by atoms with van der Waals surface area (Å²) in [4.78, 5) is 7.96. The first kappa shape index (κ1) is 15.6. The molecule has 0 fully saturated rings. The van der Waals surface area contributed by atoms with E-state index in [0.29, 0.717) is 18.9 Å². The molecule has 7 nitrogen and oxygen atoms in total. The van der Waals surface area contributed by atoms with E-state index in [9.17, 15) is 8.42 Å². The van der Waals surface area contributed by atoms with Gasteiger partial charge in [0.1, 0.15) is 5.76 Å². The van der Waals surface area contributed by atoms with Crippen LogP contribution in [0.15, 0.2) is 34.0 Å². The molecule has 2 rings (SSSR count). The Balaban J connectivity index is 2.03. The number of aromatic nitrogens is 2. The van der Waals surface area contributed by atoms with Crippen LogP contribution in [0.3, 0.4) is 0 Å². The first-order valence-corrected chi connectivity index (χ1v) is 8.06. The van der Waals surface area contributed by atoms with Gasteiger partial charge in [0.05, 0.1) is 12.7 Å². The highest BCUT2D eigenvalue weighted by atomic mass is 32.2. The third-order valence-corrected chi connectivity index (χ3v) is 4.13. The van der Waals surface area contributed by atoms with Crippen molar-refractivity contribution in [3.05, 3.63) is 41.7 Å². The molecule has 0 saturated heterocycles. The minimum absolute atomic E-state index is 0.00226. The molecule has 0 aliphatic carbocycles. The van der Waals surface area contributed by atoms with Crippen LogP contribution in [0.1, 0.15) is 24.1 Å². The molecule has 0 unspecified atom stereocenters. The van der Waals surface area contributed by atoms with Crippen LogP contribution in [0.2, 0.25) is 0 Å². The van der Waals surface area contributed by atoms with Crippen LogP contribution in [-0.2, 0) is 29.5 Å². The fraction of sp³-hybridized carbons (Fsp3) is 0.385. The van der Waals surface area contributed by atoms with Gasteiger partial charge >= 0.3 is 0 Å². The van der Waals surface area contributed by atoms with E-state index in [1.165, 1.54) is 12.3 Å². The Morgan fingerprint density at radius 1 is 1.19 bits per heavy atom. The number of rotatable bonds is 7. The molecule has 0 radical (unpaired) electrons. The number of nitrogens with one attached hydrogen (secondary N) is 2. The summed E-state index contributed by atoms with van der Waals surface area (Å²) >= 11 is 0. The highest BCUT2D eigenvalue weighted by Crippen LogP contribution is 2.09. The zero-order valence-corrected chi connectivity index (χ0v) is 12.8. The Hall–Kier alpha value is -1.77. The van der Waals surface area contributed by atoms with Gasteiger partial charge in [-0.25, -0.2) is 23.1 Å². The van der Waals surface area contributed by atoms with Crippen LogP contribution in [-0.4, -0.2) is 25.4 Å². The second-order valence-electron chi connectivity index (χ2n) is 4.43. The van der Waals surface area contributed by atoms with E-state index >= 15 is 0 Å². The van der Waals surface area contributed by atoms with E-state index < -0.39 is 10.0 Å². The summed E-state index contributed by atoms with van der Waals surface area (Å²) in [5.74, 6) is 1.06. The van der Waals surface area contributed by atoms with Crippen LogP contribution in [0, 0.1) is 0 Å². The van der Waals surface area contributed by atoms with Crippen molar-refractivity contribution in [2.24, 2.45) is 0 Å². The smallest absolute Gasteiger partial charge is 0.258 e. The highest BCUT2D eigenvalue weighted by Gasteiger charge is 2.16. The number of nitrogens with zero attached hydrogens (tertiary/aromatic N) is 2. The maximum absolute atomic E-state index is 12.1. The van der Waals surface area contributed by atoms with Crippen molar-refractivity contribution in [1.82, 2.24) is 20.0 Å². The summed E-state index contributed by atoms with van der Waals surface area (Å²) in [5, 5.41) is 2.95. The summed E-state index contributed by atoms with van der Waals surface area (Å²) in [7, 11) is -1.86. The largest absolute Gasteiger partial charge is 0.444 e. The number of pyridine rings is 1. The summed E-state index contributed by atoms with van der Waals surface area (Å²) in [6.07, 6.45) is 3.84. The summed E-state index contributed by atoms with van der Waals surface area (Å²) in [6.45, 7) is 2.57. The monoisotopic (exact) mass is 310 g/mol. The second kappa shape index (κ2) is 6.79. The van der Waals surface area contributed by atoms with Crippen LogP contribution in [0.25, 0.3) is 0 Å². The molecule has 0 bridgehead atoms. The molecule has 0 atom stereocenters. The molecular formula is C13H18N4O3S. The van der Waals surface area contributed by atoms with Gasteiger partial charge in [0.25, 0.3) is 10.0 Å². The maximum Gasteiger partial charge on any atom is 0.258 e. The minimum atomic E-state index is -3.67. The van der Waals surface area contributed by atoms with Crippen molar-refractivity contribution in [1.29, 1.82) is 0 Å². The zero-order valence-electron chi connectivity index (χ0n) is 12.0. The van der Waals surface area contributed by atoms with Crippen molar-refractivity contribution in [2.75, 3.05) is 7.05 Å². The topological polar surface area (TPSA) is 97.1 Å². The molecule has 0 saturated carbocycles. The molecule has 114 valence electrons. The van der Waals surface area contributed by atoms with E-state index in [-0.39, 0.29) is 11.6 Å². The summed E-state index contributed by atoms with van der Waals surface area (Å²) in [6, 6.07) is 3.19. The number of hydrogen-bond donors (Lipinski definition) is 2. The minimum Gasteiger partial charge on any atom is -0.444 e. The first-order chi connectivity index (χ1) is 10.0. The predicted octanol–water partition coefficient (Wildman–Crippen LogP) is 0.830.